The average Bonchev–Trinajstić information content (AvgIpc) is 3.13. The Balaban J connectivity index is 1.99. The van der Waals surface area contributed by atoms with Crippen LogP contribution in [0.1, 0.15) is 45.1 Å². The maximum atomic E-state index is 12.8. The Morgan fingerprint density at radius 1 is 1.19 bits per heavy atom. The van der Waals surface area contributed by atoms with Crippen LogP contribution in [0, 0.1) is 5.92 Å². The number of amides is 3. The fraction of sp³-hybridized carbons (Fsp3) is 0.550. The largest absolute Gasteiger partial charge is 0.344 e. The van der Waals surface area contributed by atoms with Crippen LogP contribution in [0.2, 0.25) is 0 Å². The first kappa shape index (κ1) is 19.9. The second-order valence-electron chi connectivity index (χ2n) is 6.98. The van der Waals surface area contributed by atoms with E-state index in [1.54, 1.807) is 7.05 Å². The number of aryl methyl sites for hydroxylation is 1. The van der Waals surface area contributed by atoms with Gasteiger partial charge in [0.25, 0.3) is 0 Å². The molecule has 1 aromatic rings. The summed E-state index contributed by atoms with van der Waals surface area (Å²) in [5, 5.41) is 5.66. The lowest BCUT2D eigenvalue weighted by molar-refractivity contribution is -0.138. The van der Waals surface area contributed by atoms with Crippen molar-refractivity contribution in [2.24, 2.45) is 5.92 Å². The molecule has 0 bridgehead atoms. The summed E-state index contributed by atoms with van der Waals surface area (Å²) in [5.74, 6) is -0.511. The maximum Gasteiger partial charge on any atom is 0.245 e. The quantitative estimate of drug-likeness (QED) is 0.784. The van der Waals surface area contributed by atoms with Crippen LogP contribution in [0.15, 0.2) is 24.3 Å². The number of carbonyl (C=O) groups excluding carboxylic acids is 3. The van der Waals surface area contributed by atoms with Gasteiger partial charge in [-0.1, -0.05) is 38.0 Å². The Hall–Kier alpha value is -2.37. The average molecular weight is 359 g/mol. The molecule has 142 valence electrons. The van der Waals surface area contributed by atoms with Gasteiger partial charge in [0.2, 0.25) is 17.7 Å². The summed E-state index contributed by atoms with van der Waals surface area (Å²) in [7, 11) is 1.61. The Morgan fingerprint density at radius 2 is 1.85 bits per heavy atom. The molecule has 1 aliphatic carbocycles. The van der Waals surface area contributed by atoms with Gasteiger partial charge in [0, 0.05) is 19.7 Å². The molecule has 1 atom stereocenters. The zero-order chi connectivity index (χ0) is 19.1. The Labute approximate surface area is 155 Å². The first-order valence-corrected chi connectivity index (χ1v) is 9.32. The van der Waals surface area contributed by atoms with Crippen molar-refractivity contribution in [2.75, 3.05) is 18.9 Å². The van der Waals surface area contributed by atoms with Crippen LogP contribution in [0.25, 0.3) is 0 Å². The lowest BCUT2D eigenvalue weighted by Crippen LogP contribution is -2.51. The smallest absolute Gasteiger partial charge is 0.245 e. The number of carbonyl (C=O) groups is 3. The minimum atomic E-state index is -0.546. The van der Waals surface area contributed by atoms with Gasteiger partial charge in [0.15, 0.2) is 0 Å². The molecule has 3 amide bonds. The number of benzene rings is 1. The van der Waals surface area contributed by atoms with E-state index in [1.165, 1.54) is 11.8 Å². The molecule has 1 aromatic carbocycles. The fourth-order valence-corrected chi connectivity index (χ4v) is 3.56. The summed E-state index contributed by atoms with van der Waals surface area (Å²) in [6.45, 7) is 3.41. The number of anilines is 1. The molecule has 6 heteroatoms. The molecule has 0 spiro atoms. The molecule has 0 heterocycles. The van der Waals surface area contributed by atoms with E-state index in [0.717, 1.165) is 43.4 Å². The van der Waals surface area contributed by atoms with Crippen LogP contribution >= 0.6 is 0 Å². The van der Waals surface area contributed by atoms with Crippen LogP contribution in [0.5, 0.6) is 0 Å². The second kappa shape index (κ2) is 9.36. The number of nitrogens with one attached hydrogen (secondary N) is 2. The standard InChI is InChI=1S/C20H29N3O3/c1-4-15-9-7-8-12-17(15)22-18(25)13-23(3)20(26)19(21-14(2)24)16-10-5-6-11-16/h7-9,12,16,19H,4-6,10-11,13H2,1-3H3,(H,21,24)(H,22,25). The summed E-state index contributed by atoms with van der Waals surface area (Å²) in [6.07, 6.45) is 4.83. The molecule has 0 aliphatic heterocycles. The fourth-order valence-electron chi connectivity index (χ4n) is 3.56. The van der Waals surface area contributed by atoms with E-state index in [2.05, 4.69) is 10.6 Å². The van der Waals surface area contributed by atoms with Crippen molar-refractivity contribution in [3.05, 3.63) is 29.8 Å². The molecule has 2 rings (SSSR count). The monoisotopic (exact) mass is 359 g/mol. The Morgan fingerprint density at radius 3 is 2.46 bits per heavy atom. The number of hydrogen-bond acceptors (Lipinski definition) is 3. The first-order valence-electron chi connectivity index (χ1n) is 9.32. The highest BCUT2D eigenvalue weighted by atomic mass is 16.2. The van der Waals surface area contributed by atoms with E-state index < -0.39 is 6.04 Å². The molecule has 0 aromatic heterocycles. The van der Waals surface area contributed by atoms with Gasteiger partial charge in [-0.05, 0) is 36.8 Å². The van der Waals surface area contributed by atoms with Crippen LogP contribution in [-0.4, -0.2) is 42.3 Å². The van der Waals surface area contributed by atoms with Gasteiger partial charge in [-0.2, -0.15) is 0 Å². The lowest BCUT2D eigenvalue weighted by atomic mass is 9.96. The Bertz CT molecular complexity index is 653. The first-order chi connectivity index (χ1) is 12.4. The van der Waals surface area contributed by atoms with Crippen LogP contribution in [0.4, 0.5) is 5.69 Å². The van der Waals surface area contributed by atoms with Crippen LogP contribution in [-0.2, 0) is 20.8 Å². The molecule has 1 saturated carbocycles. The predicted molar refractivity (Wildman–Crippen MR) is 102 cm³/mol. The van der Waals surface area contributed by atoms with Gasteiger partial charge >= 0.3 is 0 Å². The van der Waals surface area contributed by atoms with Gasteiger partial charge in [0.1, 0.15) is 6.04 Å². The van der Waals surface area contributed by atoms with E-state index in [0.29, 0.717) is 0 Å². The number of nitrogens with zero attached hydrogens (tertiary/aromatic N) is 1. The third kappa shape index (κ3) is 5.31. The lowest BCUT2D eigenvalue weighted by Gasteiger charge is -2.28. The molecule has 1 unspecified atom stereocenters. The van der Waals surface area contributed by atoms with Gasteiger partial charge < -0.3 is 15.5 Å². The van der Waals surface area contributed by atoms with Crippen molar-refractivity contribution in [2.45, 2.75) is 52.0 Å². The summed E-state index contributed by atoms with van der Waals surface area (Å²) in [4.78, 5) is 38.1. The minimum absolute atomic E-state index is 0.0420. The molecule has 2 N–H and O–H groups in total. The number of likely N-dealkylation sites (N-methyl/N-ethyl adjacent to an activating group) is 1. The molecule has 0 saturated heterocycles. The van der Waals surface area contributed by atoms with Gasteiger partial charge in [-0.3, -0.25) is 14.4 Å². The van der Waals surface area contributed by atoms with Crippen molar-refractivity contribution in [3.8, 4) is 0 Å². The van der Waals surface area contributed by atoms with E-state index in [1.807, 2.05) is 31.2 Å². The minimum Gasteiger partial charge on any atom is -0.344 e. The van der Waals surface area contributed by atoms with Crippen molar-refractivity contribution < 1.29 is 14.4 Å². The highest BCUT2D eigenvalue weighted by Crippen LogP contribution is 2.28. The molecule has 6 nitrogen and oxygen atoms in total. The normalized spacial score (nSPS) is 15.3. The van der Waals surface area contributed by atoms with Crippen LogP contribution in [0.3, 0.4) is 0 Å². The third-order valence-electron chi connectivity index (χ3n) is 4.93. The Kier molecular flexibility index (Phi) is 7.18. The zero-order valence-corrected chi connectivity index (χ0v) is 15.9. The predicted octanol–water partition coefficient (Wildman–Crippen LogP) is 2.34. The van der Waals surface area contributed by atoms with Crippen molar-refractivity contribution in [1.82, 2.24) is 10.2 Å². The van der Waals surface area contributed by atoms with E-state index in [-0.39, 0.29) is 30.2 Å². The molecule has 26 heavy (non-hydrogen) atoms. The summed E-state index contributed by atoms with van der Waals surface area (Å²) in [6, 6.07) is 7.09. The number of para-hydroxylation sites is 1. The van der Waals surface area contributed by atoms with E-state index in [9.17, 15) is 14.4 Å². The van der Waals surface area contributed by atoms with Gasteiger partial charge in [0.05, 0.1) is 6.54 Å². The van der Waals surface area contributed by atoms with Crippen molar-refractivity contribution >= 4 is 23.4 Å². The molecule has 0 radical (unpaired) electrons. The van der Waals surface area contributed by atoms with Crippen LogP contribution < -0.4 is 10.6 Å². The maximum absolute atomic E-state index is 12.8. The topological polar surface area (TPSA) is 78.5 Å². The summed E-state index contributed by atoms with van der Waals surface area (Å²) in [5.41, 5.74) is 1.83. The summed E-state index contributed by atoms with van der Waals surface area (Å²) >= 11 is 0. The van der Waals surface area contributed by atoms with Gasteiger partial charge in [-0.25, -0.2) is 0 Å². The highest BCUT2D eigenvalue weighted by Gasteiger charge is 2.33. The second-order valence-corrected chi connectivity index (χ2v) is 6.98. The molecule has 1 fully saturated rings. The van der Waals surface area contributed by atoms with Crippen molar-refractivity contribution in [3.63, 3.8) is 0 Å². The summed E-state index contributed by atoms with van der Waals surface area (Å²) < 4.78 is 0. The zero-order valence-electron chi connectivity index (χ0n) is 15.9. The van der Waals surface area contributed by atoms with E-state index in [4.69, 9.17) is 0 Å². The SMILES string of the molecule is CCc1ccccc1NC(=O)CN(C)C(=O)C(NC(C)=O)C1CCCC1. The third-order valence-corrected chi connectivity index (χ3v) is 4.93. The van der Waals surface area contributed by atoms with Gasteiger partial charge in [-0.15, -0.1) is 0 Å². The molecular formula is C20H29N3O3. The number of hydrogen-bond donors (Lipinski definition) is 2. The molecule has 1 aliphatic rings. The number of rotatable bonds is 7. The molecular weight excluding hydrogens is 330 g/mol. The van der Waals surface area contributed by atoms with E-state index >= 15 is 0 Å². The van der Waals surface area contributed by atoms with Crippen molar-refractivity contribution in [1.29, 1.82) is 0 Å². The highest BCUT2D eigenvalue weighted by molar-refractivity contribution is 5.96.